The van der Waals surface area contributed by atoms with Crippen LogP contribution in [0.3, 0.4) is 0 Å². The van der Waals surface area contributed by atoms with Gasteiger partial charge in [-0.15, -0.1) is 0 Å². The lowest BCUT2D eigenvalue weighted by Crippen LogP contribution is -2.30. The maximum Gasteiger partial charge on any atom is 0.259 e. The summed E-state index contributed by atoms with van der Waals surface area (Å²) >= 11 is 0. The molecule has 86 valence electrons. The molecule has 1 aromatic heterocycles. The van der Waals surface area contributed by atoms with Gasteiger partial charge < -0.3 is 9.67 Å². The van der Waals surface area contributed by atoms with Gasteiger partial charge in [0.15, 0.2) is 5.03 Å². The van der Waals surface area contributed by atoms with Gasteiger partial charge in [0.25, 0.3) is 10.0 Å². The second-order valence-corrected chi connectivity index (χ2v) is 4.96. The van der Waals surface area contributed by atoms with Gasteiger partial charge in [-0.05, 0) is 13.8 Å². The summed E-state index contributed by atoms with van der Waals surface area (Å²) in [5.74, 6) is 0. The Bertz CT molecular complexity index is 411. The molecule has 1 heterocycles. The highest BCUT2D eigenvalue weighted by atomic mass is 32.2. The lowest BCUT2D eigenvalue weighted by molar-refractivity contribution is 0.198. The van der Waals surface area contributed by atoms with E-state index in [2.05, 4.69) is 9.71 Å². The van der Waals surface area contributed by atoms with E-state index in [1.165, 1.54) is 19.4 Å². The molecule has 0 fully saturated rings. The summed E-state index contributed by atoms with van der Waals surface area (Å²) in [5, 5.41) is 8.94. The van der Waals surface area contributed by atoms with Gasteiger partial charge in [0.05, 0.1) is 12.4 Å². The fourth-order valence-electron chi connectivity index (χ4n) is 0.956. The summed E-state index contributed by atoms with van der Waals surface area (Å²) in [4.78, 5) is 3.77. The number of nitrogens with zero attached hydrogens (tertiary/aromatic N) is 2. The maximum absolute atomic E-state index is 11.6. The number of aliphatic hydroxyl groups excluding tert-OH is 1. The van der Waals surface area contributed by atoms with Crippen LogP contribution in [0.15, 0.2) is 17.6 Å². The molecule has 1 rings (SSSR count). The molecule has 0 bridgehead atoms. The standard InChI is InChI=1S/C8H15N3O3S/c1-3-11-5-8(9-6-11)15(13,14)10-4-7(2)12/h5-7,10,12H,3-4H2,1-2H3/t7-/m1/s1. The Morgan fingerprint density at radius 2 is 2.33 bits per heavy atom. The van der Waals surface area contributed by atoms with Crippen molar-refractivity contribution in [3.63, 3.8) is 0 Å². The number of imidazole rings is 1. The van der Waals surface area contributed by atoms with Gasteiger partial charge in [-0.25, -0.2) is 18.1 Å². The molecule has 0 aromatic carbocycles. The van der Waals surface area contributed by atoms with E-state index in [9.17, 15) is 8.42 Å². The average Bonchev–Trinajstić information content (AvgIpc) is 2.63. The molecule has 7 heteroatoms. The van der Waals surface area contributed by atoms with Gasteiger partial charge >= 0.3 is 0 Å². The van der Waals surface area contributed by atoms with Gasteiger partial charge in [0.1, 0.15) is 0 Å². The van der Waals surface area contributed by atoms with Crippen molar-refractivity contribution in [2.45, 2.75) is 31.5 Å². The first-order valence-electron chi connectivity index (χ1n) is 4.65. The van der Waals surface area contributed by atoms with Crippen molar-refractivity contribution in [1.29, 1.82) is 0 Å². The van der Waals surface area contributed by atoms with Crippen LogP contribution in [0, 0.1) is 0 Å². The van der Waals surface area contributed by atoms with E-state index in [0.717, 1.165) is 0 Å². The van der Waals surface area contributed by atoms with E-state index in [-0.39, 0.29) is 11.6 Å². The SMILES string of the molecule is CCn1cnc(S(=O)(=O)NC[C@@H](C)O)c1. The summed E-state index contributed by atoms with van der Waals surface area (Å²) in [6.45, 7) is 4.05. The molecule has 0 aliphatic heterocycles. The molecular formula is C8H15N3O3S. The molecule has 0 aliphatic carbocycles. The van der Waals surface area contributed by atoms with Crippen LogP contribution in [-0.2, 0) is 16.6 Å². The third kappa shape index (κ3) is 3.29. The first-order chi connectivity index (χ1) is 6.95. The lowest BCUT2D eigenvalue weighted by atomic mass is 10.4. The zero-order valence-electron chi connectivity index (χ0n) is 8.71. The van der Waals surface area contributed by atoms with Crippen LogP contribution in [-0.4, -0.2) is 35.7 Å². The number of rotatable bonds is 5. The van der Waals surface area contributed by atoms with Crippen molar-refractivity contribution in [1.82, 2.24) is 14.3 Å². The molecule has 0 radical (unpaired) electrons. The van der Waals surface area contributed by atoms with Crippen molar-refractivity contribution < 1.29 is 13.5 Å². The Hall–Kier alpha value is -0.920. The van der Waals surface area contributed by atoms with E-state index in [1.54, 1.807) is 4.57 Å². The predicted molar refractivity (Wildman–Crippen MR) is 54.8 cm³/mol. The van der Waals surface area contributed by atoms with Crippen LogP contribution in [0.4, 0.5) is 0 Å². The number of aromatic nitrogens is 2. The fraction of sp³-hybridized carbons (Fsp3) is 0.625. The van der Waals surface area contributed by atoms with Crippen LogP contribution in [0.2, 0.25) is 0 Å². The van der Waals surface area contributed by atoms with Crippen LogP contribution in [0.1, 0.15) is 13.8 Å². The molecule has 0 saturated carbocycles. The zero-order valence-corrected chi connectivity index (χ0v) is 9.53. The Morgan fingerprint density at radius 1 is 1.67 bits per heavy atom. The van der Waals surface area contributed by atoms with Gasteiger partial charge in [0.2, 0.25) is 0 Å². The third-order valence-corrected chi connectivity index (χ3v) is 3.13. The fourth-order valence-corrected chi connectivity index (χ4v) is 2.02. The summed E-state index contributed by atoms with van der Waals surface area (Å²) in [6.07, 6.45) is 2.19. The van der Waals surface area contributed by atoms with Gasteiger partial charge in [0, 0.05) is 19.3 Å². The molecule has 0 unspecified atom stereocenters. The zero-order chi connectivity index (χ0) is 11.5. The Kier molecular flexibility index (Phi) is 3.83. The van der Waals surface area contributed by atoms with Crippen molar-refractivity contribution in [3.8, 4) is 0 Å². The van der Waals surface area contributed by atoms with Crippen molar-refractivity contribution in [2.75, 3.05) is 6.54 Å². The molecule has 0 saturated heterocycles. The van der Waals surface area contributed by atoms with E-state index in [1.807, 2.05) is 6.92 Å². The van der Waals surface area contributed by atoms with Crippen molar-refractivity contribution in [2.24, 2.45) is 0 Å². The molecule has 1 aromatic rings. The Morgan fingerprint density at radius 3 is 2.80 bits per heavy atom. The number of aryl methyl sites for hydroxylation is 1. The van der Waals surface area contributed by atoms with Crippen LogP contribution in [0.25, 0.3) is 0 Å². The van der Waals surface area contributed by atoms with E-state index in [0.29, 0.717) is 6.54 Å². The molecule has 15 heavy (non-hydrogen) atoms. The predicted octanol–water partition coefficient (Wildman–Crippen LogP) is -0.438. The topological polar surface area (TPSA) is 84.2 Å². The summed E-state index contributed by atoms with van der Waals surface area (Å²) < 4.78 is 27.1. The Labute approximate surface area is 89.0 Å². The first kappa shape index (κ1) is 12.2. The smallest absolute Gasteiger partial charge is 0.259 e. The van der Waals surface area contributed by atoms with E-state index < -0.39 is 16.1 Å². The minimum Gasteiger partial charge on any atom is -0.392 e. The van der Waals surface area contributed by atoms with Crippen LogP contribution < -0.4 is 4.72 Å². The van der Waals surface area contributed by atoms with Crippen LogP contribution >= 0.6 is 0 Å². The molecule has 0 spiro atoms. The summed E-state index contributed by atoms with van der Waals surface area (Å²) in [6, 6.07) is 0. The number of aliphatic hydroxyl groups is 1. The minimum atomic E-state index is -3.59. The van der Waals surface area contributed by atoms with E-state index in [4.69, 9.17) is 5.11 Å². The highest BCUT2D eigenvalue weighted by molar-refractivity contribution is 7.89. The van der Waals surface area contributed by atoms with Crippen LogP contribution in [0.5, 0.6) is 0 Å². The van der Waals surface area contributed by atoms with Gasteiger partial charge in [-0.3, -0.25) is 0 Å². The largest absolute Gasteiger partial charge is 0.392 e. The maximum atomic E-state index is 11.6. The number of hydrogen-bond donors (Lipinski definition) is 2. The number of nitrogens with one attached hydrogen (secondary N) is 1. The van der Waals surface area contributed by atoms with Crippen molar-refractivity contribution in [3.05, 3.63) is 12.5 Å². The first-order valence-corrected chi connectivity index (χ1v) is 6.13. The highest BCUT2D eigenvalue weighted by Crippen LogP contribution is 2.04. The molecule has 1 atom stereocenters. The second-order valence-electron chi connectivity index (χ2n) is 3.24. The monoisotopic (exact) mass is 233 g/mol. The summed E-state index contributed by atoms with van der Waals surface area (Å²) in [5.41, 5.74) is 0. The number of sulfonamides is 1. The third-order valence-electron chi connectivity index (χ3n) is 1.82. The molecule has 0 aliphatic rings. The normalized spacial score (nSPS) is 14.1. The molecule has 0 amide bonds. The highest BCUT2D eigenvalue weighted by Gasteiger charge is 2.17. The second kappa shape index (κ2) is 4.73. The quantitative estimate of drug-likeness (QED) is 0.722. The lowest BCUT2D eigenvalue weighted by Gasteiger charge is -2.05. The van der Waals surface area contributed by atoms with Gasteiger partial charge in [-0.2, -0.15) is 0 Å². The molecular weight excluding hydrogens is 218 g/mol. The van der Waals surface area contributed by atoms with Gasteiger partial charge in [-0.1, -0.05) is 0 Å². The Balaban J connectivity index is 2.77. The number of hydrogen-bond acceptors (Lipinski definition) is 4. The van der Waals surface area contributed by atoms with E-state index >= 15 is 0 Å². The minimum absolute atomic E-state index is 0.0126. The molecule has 6 nitrogen and oxygen atoms in total. The average molecular weight is 233 g/mol. The van der Waals surface area contributed by atoms with Crippen molar-refractivity contribution >= 4 is 10.0 Å². The molecule has 2 N–H and O–H groups in total. The summed E-state index contributed by atoms with van der Waals surface area (Å²) in [7, 11) is -3.59.